The lowest BCUT2D eigenvalue weighted by Crippen LogP contribution is -2.42. The number of hydrogen-bond acceptors (Lipinski definition) is 3. The summed E-state index contributed by atoms with van der Waals surface area (Å²) in [6, 6.07) is 0. The van der Waals surface area contributed by atoms with Crippen molar-refractivity contribution < 1.29 is 17.6 Å². The zero-order chi connectivity index (χ0) is 12.5. The molecule has 94 valence electrons. The molecule has 17 heavy (non-hydrogen) atoms. The standard InChI is InChI=1S/C10H11F4N3/c11-8-4-15-9(16-5-8)17-3-1-2-7(6-17)10(12,13)14/h4-5,7H,1-3,6H2. The van der Waals surface area contributed by atoms with Crippen molar-refractivity contribution in [1.29, 1.82) is 0 Å². The van der Waals surface area contributed by atoms with Gasteiger partial charge in [0, 0.05) is 13.1 Å². The van der Waals surface area contributed by atoms with E-state index in [0.29, 0.717) is 13.0 Å². The van der Waals surface area contributed by atoms with Crippen LogP contribution in [0.5, 0.6) is 0 Å². The maximum absolute atomic E-state index is 12.6. The molecular weight excluding hydrogens is 238 g/mol. The van der Waals surface area contributed by atoms with Gasteiger partial charge in [-0.1, -0.05) is 0 Å². The van der Waals surface area contributed by atoms with E-state index in [1.165, 1.54) is 4.90 Å². The minimum Gasteiger partial charge on any atom is -0.340 e. The van der Waals surface area contributed by atoms with Crippen LogP contribution >= 0.6 is 0 Å². The highest BCUT2D eigenvalue weighted by Gasteiger charge is 2.42. The summed E-state index contributed by atoms with van der Waals surface area (Å²) >= 11 is 0. The van der Waals surface area contributed by atoms with Crippen LogP contribution in [0.2, 0.25) is 0 Å². The summed E-state index contributed by atoms with van der Waals surface area (Å²) in [6.07, 6.45) is -1.72. The Bertz CT molecular complexity index is 376. The first-order chi connectivity index (χ1) is 7.97. The van der Waals surface area contributed by atoms with E-state index in [0.717, 1.165) is 12.4 Å². The summed E-state index contributed by atoms with van der Waals surface area (Å²) in [6.45, 7) is 0.313. The van der Waals surface area contributed by atoms with E-state index in [9.17, 15) is 17.6 Å². The van der Waals surface area contributed by atoms with Crippen LogP contribution in [-0.2, 0) is 0 Å². The van der Waals surface area contributed by atoms with Gasteiger partial charge in [-0.05, 0) is 12.8 Å². The second-order valence-corrected chi connectivity index (χ2v) is 4.03. The minimum absolute atomic E-state index is 0.126. The van der Waals surface area contributed by atoms with Gasteiger partial charge in [-0.2, -0.15) is 13.2 Å². The summed E-state index contributed by atoms with van der Waals surface area (Å²) in [7, 11) is 0. The number of aromatic nitrogens is 2. The average molecular weight is 249 g/mol. The van der Waals surface area contributed by atoms with Crippen molar-refractivity contribution in [3.63, 3.8) is 0 Å². The first kappa shape index (κ1) is 12.1. The summed E-state index contributed by atoms with van der Waals surface area (Å²) in [5.74, 6) is -1.80. The summed E-state index contributed by atoms with van der Waals surface area (Å²) in [5.41, 5.74) is 0. The van der Waals surface area contributed by atoms with E-state index < -0.39 is 17.9 Å². The van der Waals surface area contributed by atoms with Crippen molar-refractivity contribution in [2.24, 2.45) is 5.92 Å². The van der Waals surface area contributed by atoms with Crippen LogP contribution in [0.25, 0.3) is 0 Å². The summed E-state index contributed by atoms with van der Waals surface area (Å²) in [4.78, 5) is 8.83. The highest BCUT2D eigenvalue weighted by molar-refractivity contribution is 5.29. The second kappa shape index (κ2) is 4.46. The maximum atomic E-state index is 12.6. The highest BCUT2D eigenvalue weighted by Crippen LogP contribution is 2.33. The van der Waals surface area contributed by atoms with Crippen molar-refractivity contribution in [3.8, 4) is 0 Å². The SMILES string of the molecule is Fc1cnc(N2CCCC(C(F)(F)F)C2)nc1. The van der Waals surface area contributed by atoms with Crippen molar-refractivity contribution in [2.45, 2.75) is 19.0 Å². The lowest BCUT2D eigenvalue weighted by atomic mass is 9.98. The van der Waals surface area contributed by atoms with Gasteiger partial charge in [0.05, 0.1) is 18.3 Å². The third kappa shape index (κ3) is 2.83. The lowest BCUT2D eigenvalue weighted by Gasteiger charge is -2.33. The number of hydrogen-bond donors (Lipinski definition) is 0. The third-order valence-corrected chi connectivity index (χ3v) is 2.77. The molecule has 0 aliphatic carbocycles. The fourth-order valence-electron chi connectivity index (χ4n) is 1.89. The third-order valence-electron chi connectivity index (χ3n) is 2.77. The molecule has 1 atom stereocenters. The van der Waals surface area contributed by atoms with E-state index in [1.807, 2.05) is 0 Å². The van der Waals surface area contributed by atoms with Gasteiger partial charge in [0.1, 0.15) is 0 Å². The number of anilines is 1. The number of piperidine rings is 1. The van der Waals surface area contributed by atoms with Gasteiger partial charge in [-0.15, -0.1) is 0 Å². The van der Waals surface area contributed by atoms with Gasteiger partial charge >= 0.3 is 6.18 Å². The largest absolute Gasteiger partial charge is 0.393 e. The fourth-order valence-corrected chi connectivity index (χ4v) is 1.89. The van der Waals surface area contributed by atoms with Crippen LogP contribution in [0.15, 0.2) is 12.4 Å². The Balaban J connectivity index is 2.09. The molecule has 0 amide bonds. The van der Waals surface area contributed by atoms with Crippen LogP contribution in [0.1, 0.15) is 12.8 Å². The van der Waals surface area contributed by atoms with Crippen molar-refractivity contribution in [1.82, 2.24) is 9.97 Å². The topological polar surface area (TPSA) is 29.0 Å². The molecule has 0 radical (unpaired) electrons. The molecule has 0 bridgehead atoms. The highest BCUT2D eigenvalue weighted by atomic mass is 19.4. The molecular formula is C10H11F4N3. The molecule has 1 unspecified atom stereocenters. The quantitative estimate of drug-likeness (QED) is 0.715. The van der Waals surface area contributed by atoms with Crippen LogP contribution in [0.4, 0.5) is 23.5 Å². The first-order valence-corrected chi connectivity index (χ1v) is 5.26. The van der Waals surface area contributed by atoms with Crippen molar-refractivity contribution in [3.05, 3.63) is 18.2 Å². The Morgan fingerprint density at radius 2 is 1.88 bits per heavy atom. The normalized spacial score (nSPS) is 21.6. The minimum atomic E-state index is -4.20. The molecule has 0 N–H and O–H groups in total. The molecule has 1 fully saturated rings. The van der Waals surface area contributed by atoms with Crippen LogP contribution < -0.4 is 4.90 Å². The van der Waals surface area contributed by atoms with Crippen LogP contribution in [0.3, 0.4) is 0 Å². The van der Waals surface area contributed by atoms with E-state index in [4.69, 9.17) is 0 Å². The number of nitrogens with zero attached hydrogens (tertiary/aromatic N) is 3. The van der Waals surface area contributed by atoms with Gasteiger partial charge in [0.25, 0.3) is 0 Å². The van der Waals surface area contributed by atoms with E-state index in [2.05, 4.69) is 9.97 Å². The number of halogens is 4. The molecule has 1 aliphatic rings. The average Bonchev–Trinajstić information content (AvgIpc) is 2.29. The molecule has 1 aromatic heterocycles. The van der Waals surface area contributed by atoms with E-state index in [-0.39, 0.29) is 18.9 Å². The molecule has 0 spiro atoms. The second-order valence-electron chi connectivity index (χ2n) is 4.03. The van der Waals surface area contributed by atoms with Crippen molar-refractivity contribution in [2.75, 3.05) is 18.0 Å². The Kier molecular flexibility index (Phi) is 3.17. The molecule has 2 heterocycles. The van der Waals surface area contributed by atoms with Gasteiger partial charge in [-0.3, -0.25) is 0 Å². The van der Waals surface area contributed by atoms with Gasteiger partial charge in [0.15, 0.2) is 5.82 Å². The van der Waals surface area contributed by atoms with Gasteiger partial charge in [0.2, 0.25) is 5.95 Å². The van der Waals surface area contributed by atoms with Crippen molar-refractivity contribution >= 4 is 5.95 Å². The molecule has 7 heteroatoms. The van der Waals surface area contributed by atoms with E-state index >= 15 is 0 Å². The summed E-state index contributed by atoms with van der Waals surface area (Å²) in [5, 5.41) is 0. The molecule has 2 rings (SSSR count). The van der Waals surface area contributed by atoms with Gasteiger partial charge < -0.3 is 4.90 Å². The molecule has 1 aromatic rings. The Labute approximate surface area is 95.5 Å². The Hall–Kier alpha value is -1.40. The molecule has 0 aromatic carbocycles. The molecule has 0 saturated carbocycles. The van der Waals surface area contributed by atoms with Gasteiger partial charge in [-0.25, -0.2) is 14.4 Å². The summed E-state index contributed by atoms with van der Waals surface area (Å²) < 4.78 is 50.3. The van der Waals surface area contributed by atoms with Crippen LogP contribution in [0, 0.1) is 11.7 Å². The smallest absolute Gasteiger partial charge is 0.340 e. The predicted octanol–water partition coefficient (Wildman–Crippen LogP) is 2.39. The monoisotopic (exact) mass is 249 g/mol. The Morgan fingerprint density at radius 3 is 2.47 bits per heavy atom. The number of rotatable bonds is 1. The van der Waals surface area contributed by atoms with Crippen LogP contribution in [-0.4, -0.2) is 29.2 Å². The molecule has 1 saturated heterocycles. The molecule has 1 aliphatic heterocycles. The Morgan fingerprint density at radius 1 is 1.24 bits per heavy atom. The zero-order valence-corrected chi connectivity index (χ0v) is 8.91. The predicted molar refractivity (Wildman–Crippen MR) is 53.0 cm³/mol. The molecule has 3 nitrogen and oxygen atoms in total. The first-order valence-electron chi connectivity index (χ1n) is 5.26. The lowest BCUT2D eigenvalue weighted by molar-refractivity contribution is -0.176. The fraction of sp³-hybridized carbons (Fsp3) is 0.600. The number of alkyl halides is 3. The van der Waals surface area contributed by atoms with E-state index in [1.54, 1.807) is 0 Å². The zero-order valence-electron chi connectivity index (χ0n) is 8.91. The maximum Gasteiger partial charge on any atom is 0.393 e.